The van der Waals surface area contributed by atoms with E-state index in [1.165, 1.54) is 0 Å². The largest absolute Gasteiger partial charge is 0.412 e. The minimum atomic E-state index is 0.445. The van der Waals surface area contributed by atoms with E-state index in [2.05, 4.69) is 6.08 Å². The summed E-state index contributed by atoms with van der Waals surface area (Å²) in [5, 5.41) is 0. The molecule has 0 bridgehead atoms. The van der Waals surface area contributed by atoms with Crippen molar-refractivity contribution in [3.8, 4) is 0 Å². The molecule has 0 saturated carbocycles. The molecule has 0 aromatic carbocycles. The maximum atomic E-state index is 10.0. The number of hydrogen-bond acceptors (Lipinski definition) is 3. The zero-order chi connectivity index (χ0) is 8.27. The molecule has 0 radical (unpaired) electrons. The van der Waals surface area contributed by atoms with Gasteiger partial charge in [0.1, 0.15) is 0 Å². The van der Waals surface area contributed by atoms with Gasteiger partial charge in [0.15, 0.2) is 5.88 Å². The first kappa shape index (κ1) is 7.85. The van der Waals surface area contributed by atoms with Crippen molar-refractivity contribution in [2.75, 3.05) is 13.6 Å². The van der Waals surface area contributed by atoms with Crippen molar-refractivity contribution >= 4 is 6.47 Å². The molecule has 1 heterocycles. The normalized spacial score (nSPS) is 17.1. The molecule has 3 heteroatoms. The van der Waals surface area contributed by atoms with E-state index >= 15 is 0 Å². The molecular formula is C8H11NO2. The zero-order valence-corrected chi connectivity index (χ0v) is 6.70. The van der Waals surface area contributed by atoms with E-state index in [1.54, 1.807) is 0 Å². The van der Waals surface area contributed by atoms with Gasteiger partial charge >= 0.3 is 0 Å². The highest BCUT2D eigenvalue weighted by molar-refractivity contribution is 5.41. The average molecular weight is 153 g/mol. The van der Waals surface area contributed by atoms with Gasteiger partial charge in [0.05, 0.1) is 0 Å². The fraction of sp³-hybridized carbons (Fsp3) is 0.375. The van der Waals surface area contributed by atoms with Gasteiger partial charge in [-0.05, 0) is 12.5 Å². The van der Waals surface area contributed by atoms with Crippen LogP contribution in [-0.4, -0.2) is 25.0 Å². The molecule has 0 aliphatic carbocycles. The molecule has 0 amide bonds. The number of rotatable bonds is 2. The molecule has 1 aliphatic heterocycles. The summed E-state index contributed by atoms with van der Waals surface area (Å²) >= 11 is 0. The van der Waals surface area contributed by atoms with Crippen LogP contribution in [0.5, 0.6) is 0 Å². The van der Waals surface area contributed by atoms with Crippen molar-refractivity contribution in [1.82, 2.24) is 4.90 Å². The van der Waals surface area contributed by atoms with Crippen LogP contribution < -0.4 is 0 Å². The van der Waals surface area contributed by atoms with Crippen LogP contribution in [0.3, 0.4) is 0 Å². The van der Waals surface area contributed by atoms with Crippen molar-refractivity contribution in [3.05, 3.63) is 23.6 Å². The molecule has 1 aliphatic rings. The molecule has 0 spiro atoms. The summed E-state index contributed by atoms with van der Waals surface area (Å²) in [4.78, 5) is 11.9. The molecular weight excluding hydrogens is 142 g/mol. The SMILES string of the molecule is CC1=CCN(C)C(OC=O)=C1. The van der Waals surface area contributed by atoms with E-state index in [0.29, 0.717) is 12.4 Å². The Morgan fingerprint density at radius 1 is 1.73 bits per heavy atom. The van der Waals surface area contributed by atoms with Gasteiger partial charge in [0, 0.05) is 19.7 Å². The lowest BCUT2D eigenvalue weighted by Gasteiger charge is -2.22. The second-order valence-electron chi connectivity index (χ2n) is 2.53. The first-order valence-corrected chi connectivity index (χ1v) is 3.44. The predicted octanol–water partition coefficient (Wildman–Crippen LogP) is 0.893. The molecule has 60 valence electrons. The van der Waals surface area contributed by atoms with Gasteiger partial charge < -0.3 is 9.64 Å². The molecule has 1 rings (SSSR count). The van der Waals surface area contributed by atoms with Crippen molar-refractivity contribution < 1.29 is 9.53 Å². The second kappa shape index (κ2) is 3.23. The molecule has 0 unspecified atom stereocenters. The highest BCUT2D eigenvalue weighted by atomic mass is 16.5. The Kier molecular flexibility index (Phi) is 2.31. The van der Waals surface area contributed by atoms with Gasteiger partial charge in [-0.2, -0.15) is 0 Å². The molecule has 0 N–H and O–H groups in total. The third kappa shape index (κ3) is 1.83. The number of nitrogens with zero attached hydrogens (tertiary/aromatic N) is 1. The van der Waals surface area contributed by atoms with Gasteiger partial charge in [0.2, 0.25) is 0 Å². The third-order valence-corrected chi connectivity index (χ3v) is 1.58. The number of allylic oxidation sites excluding steroid dienone is 2. The van der Waals surface area contributed by atoms with Crippen LogP contribution in [0.25, 0.3) is 0 Å². The van der Waals surface area contributed by atoms with Crippen LogP contribution in [0, 0.1) is 0 Å². The summed E-state index contributed by atoms with van der Waals surface area (Å²) < 4.78 is 4.73. The smallest absolute Gasteiger partial charge is 0.299 e. The lowest BCUT2D eigenvalue weighted by molar-refractivity contribution is -0.127. The zero-order valence-electron chi connectivity index (χ0n) is 6.70. The summed E-state index contributed by atoms with van der Waals surface area (Å²) in [5.74, 6) is 0.611. The Labute approximate surface area is 65.9 Å². The molecule has 0 aromatic rings. The number of ether oxygens (including phenoxy) is 1. The lowest BCUT2D eigenvalue weighted by atomic mass is 10.2. The Hall–Kier alpha value is -1.25. The lowest BCUT2D eigenvalue weighted by Crippen LogP contribution is -2.22. The Balaban J connectivity index is 2.72. The summed E-state index contributed by atoms with van der Waals surface area (Å²) in [6.45, 7) is 3.22. The topological polar surface area (TPSA) is 29.5 Å². The quantitative estimate of drug-likeness (QED) is 0.552. The molecule has 11 heavy (non-hydrogen) atoms. The van der Waals surface area contributed by atoms with Crippen LogP contribution in [-0.2, 0) is 9.53 Å². The Bertz CT molecular complexity index is 218. The summed E-state index contributed by atoms with van der Waals surface area (Å²) in [5.41, 5.74) is 1.12. The number of hydrogen-bond donors (Lipinski definition) is 0. The summed E-state index contributed by atoms with van der Waals surface area (Å²) in [6.07, 6.45) is 3.90. The molecule has 0 saturated heterocycles. The van der Waals surface area contributed by atoms with Crippen LogP contribution >= 0.6 is 0 Å². The van der Waals surface area contributed by atoms with Crippen LogP contribution in [0.1, 0.15) is 6.92 Å². The first-order valence-electron chi connectivity index (χ1n) is 3.44. The number of likely N-dealkylation sites (N-methyl/N-ethyl adjacent to an activating group) is 1. The van der Waals surface area contributed by atoms with E-state index in [9.17, 15) is 4.79 Å². The van der Waals surface area contributed by atoms with E-state index < -0.39 is 0 Å². The average Bonchev–Trinajstić information content (AvgIpc) is 1.98. The van der Waals surface area contributed by atoms with Gasteiger partial charge in [-0.3, -0.25) is 4.79 Å². The van der Waals surface area contributed by atoms with Crippen molar-refractivity contribution in [2.45, 2.75) is 6.92 Å². The van der Waals surface area contributed by atoms with Gasteiger partial charge in [-0.25, -0.2) is 0 Å². The highest BCUT2D eigenvalue weighted by Crippen LogP contribution is 2.12. The summed E-state index contributed by atoms with van der Waals surface area (Å²) in [6, 6.07) is 0. The molecule has 0 fully saturated rings. The van der Waals surface area contributed by atoms with Crippen LogP contribution in [0.2, 0.25) is 0 Å². The van der Waals surface area contributed by atoms with Gasteiger partial charge in [0.25, 0.3) is 6.47 Å². The van der Waals surface area contributed by atoms with Gasteiger partial charge in [-0.15, -0.1) is 0 Å². The van der Waals surface area contributed by atoms with Crippen LogP contribution in [0.4, 0.5) is 0 Å². The monoisotopic (exact) mass is 153 g/mol. The van der Waals surface area contributed by atoms with Crippen LogP contribution in [0.15, 0.2) is 23.6 Å². The van der Waals surface area contributed by atoms with Crippen molar-refractivity contribution in [3.63, 3.8) is 0 Å². The fourth-order valence-electron chi connectivity index (χ4n) is 0.908. The van der Waals surface area contributed by atoms with E-state index in [1.807, 2.05) is 24.9 Å². The fourth-order valence-corrected chi connectivity index (χ4v) is 0.908. The van der Waals surface area contributed by atoms with Crippen molar-refractivity contribution in [2.24, 2.45) is 0 Å². The first-order chi connectivity index (χ1) is 5.24. The molecule has 0 atom stereocenters. The minimum absolute atomic E-state index is 0.445. The van der Waals surface area contributed by atoms with E-state index in [4.69, 9.17) is 4.74 Å². The van der Waals surface area contributed by atoms with Gasteiger partial charge in [-0.1, -0.05) is 6.08 Å². The van der Waals surface area contributed by atoms with E-state index in [0.717, 1.165) is 12.1 Å². The molecule has 3 nitrogen and oxygen atoms in total. The summed E-state index contributed by atoms with van der Waals surface area (Å²) in [7, 11) is 1.87. The minimum Gasteiger partial charge on any atom is -0.412 e. The standard InChI is InChI=1S/C8H11NO2/c1-7-3-4-9(2)8(5-7)11-6-10/h3,5-6H,4H2,1-2H3. The maximum absolute atomic E-state index is 10.0. The van der Waals surface area contributed by atoms with E-state index in [-0.39, 0.29) is 0 Å². The van der Waals surface area contributed by atoms with Crippen molar-refractivity contribution in [1.29, 1.82) is 0 Å². The Morgan fingerprint density at radius 2 is 2.45 bits per heavy atom. The number of carbonyl (C=O) groups excluding carboxylic acids is 1. The third-order valence-electron chi connectivity index (χ3n) is 1.58. The molecule has 0 aromatic heterocycles. The maximum Gasteiger partial charge on any atom is 0.299 e. The highest BCUT2D eigenvalue weighted by Gasteiger charge is 2.08. The number of carbonyl (C=O) groups is 1. The second-order valence-corrected chi connectivity index (χ2v) is 2.53. The Morgan fingerprint density at radius 3 is 3.09 bits per heavy atom. The predicted molar refractivity (Wildman–Crippen MR) is 41.6 cm³/mol.